The number of likely N-dealkylation sites (N-methyl/N-ethyl adjacent to an activating group) is 1. The molecule has 0 saturated heterocycles. The summed E-state index contributed by atoms with van der Waals surface area (Å²) < 4.78 is 0. The van der Waals surface area contributed by atoms with Gasteiger partial charge in [0.2, 0.25) is 5.91 Å². The minimum atomic E-state index is -0.175. The SMILES string of the molecule is CN(C)C/C=C/C(=O)Nc1ccc(C(=O)CC2CCCC(Cc3cc(-c4cnc5c(c4)C=CC5)ncn3)C2)cc1. The number of aromatic nitrogens is 3. The highest BCUT2D eigenvalue weighted by Gasteiger charge is 2.25. The summed E-state index contributed by atoms with van der Waals surface area (Å²) in [6.45, 7) is 0.702. The molecule has 0 spiro atoms. The Morgan fingerprint density at radius 1 is 1.05 bits per heavy atom. The number of fused-ring (bicyclic) bond motifs is 1. The van der Waals surface area contributed by atoms with Crippen LogP contribution in [0, 0.1) is 11.8 Å². The highest BCUT2D eigenvalue weighted by atomic mass is 16.1. The lowest BCUT2D eigenvalue weighted by Crippen LogP contribution is -2.20. The van der Waals surface area contributed by atoms with E-state index in [0.29, 0.717) is 36.1 Å². The molecule has 0 bridgehead atoms. The Kier molecular flexibility index (Phi) is 8.91. The number of anilines is 1. The van der Waals surface area contributed by atoms with Crippen LogP contribution in [0.15, 0.2) is 67.2 Å². The van der Waals surface area contributed by atoms with E-state index in [4.69, 9.17) is 0 Å². The lowest BCUT2D eigenvalue weighted by atomic mass is 9.77. The van der Waals surface area contributed by atoms with Crippen LogP contribution in [0.5, 0.6) is 0 Å². The maximum absolute atomic E-state index is 13.1. The summed E-state index contributed by atoms with van der Waals surface area (Å²) in [4.78, 5) is 40.8. The Labute approximate surface area is 236 Å². The van der Waals surface area contributed by atoms with Crippen LogP contribution in [-0.4, -0.2) is 52.2 Å². The molecule has 1 N–H and O–H groups in total. The van der Waals surface area contributed by atoms with Crippen molar-refractivity contribution in [2.45, 2.75) is 44.9 Å². The van der Waals surface area contributed by atoms with Gasteiger partial charge in [-0.15, -0.1) is 0 Å². The van der Waals surface area contributed by atoms with E-state index < -0.39 is 0 Å². The minimum Gasteiger partial charge on any atom is -0.323 e. The molecule has 2 aromatic heterocycles. The quantitative estimate of drug-likeness (QED) is 0.261. The molecule has 2 aliphatic rings. The summed E-state index contributed by atoms with van der Waals surface area (Å²) in [6, 6.07) is 11.5. The first-order chi connectivity index (χ1) is 19.4. The zero-order valence-electron chi connectivity index (χ0n) is 23.3. The monoisotopic (exact) mass is 535 g/mol. The van der Waals surface area contributed by atoms with Crippen molar-refractivity contribution in [2.24, 2.45) is 11.8 Å². The normalized spacial score (nSPS) is 18.3. The number of amides is 1. The first kappa shape index (κ1) is 27.6. The van der Waals surface area contributed by atoms with Crippen molar-refractivity contribution in [2.75, 3.05) is 26.0 Å². The maximum Gasteiger partial charge on any atom is 0.248 e. The van der Waals surface area contributed by atoms with Crippen molar-refractivity contribution in [3.05, 3.63) is 89.7 Å². The van der Waals surface area contributed by atoms with Gasteiger partial charge in [-0.3, -0.25) is 14.6 Å². The molecule has 2 unspecified atom stereocenters. The molecule has 3 aromatic rings. The largest absolute Gasteiger partial charge is 0.323 e. The molecule has 7 heteroatoms. The van der Waals surface area contributed by atoms with Crippen molar-refractivity contribution >= 4 is 23.5 Å². The van der Waals surface area contributed by atoms with Gasteiger partial charge >= 0.3 is 0 Å². The number of carbonyl (C=O) groups excluding carboxylic acids is 2. The first-order valence-electron chi connectivity index (χ1n) is 14.1. The number of nitrogens with zero attached hydrogens (tertiary/aromatic N) is 4. The van der Waals surface area contributed by atoms with E-state index >= 15 is 0 Å². The van der Waals surface area contributed by atoms with Crippen LogP contribution in [0.1, 0.15) is 59.4 Å². The zero-order valence-corrected chi connectivity index (χ0v) is 23.3. The van der Waals surface area contributed by atoms with E-state index in [2.05, 4.69) is 44.6 Å². The summed E-state index contributed by atoms with van der Waals surface area (Å²) in [5.74, 6) is 0.873. The van der Waals surface area contributed by atoms with Gasteiger partial charge in [-0.1, -0.05) is 31.1 Å². The Hall–Kier alpha value is -3.97. The summed E-state index contributed by atoms with van der Waals surface area (Å²) in [5, 5.41) is 2.84. The average molecular weight is 536 g/mol. The summed E-state index contributed by atoms with van der Waals surface area (Å²) in [5.41, 5.74) is 6.65. The third-order valence-corrected chi connectivity index (χ3v) is 7.71. The Bertz CT molecular complexity index is 1410. The molecule has 2 heterocycles. The summed E-state index contributed by atoms with van der Waals surface area (Å²) in [6.07, 6.45) is 17.9. The molecule has 0 aliphatic heterocycles. The molecule has 1 saturated carbocycles. The highest BCUT2D eigenvalue weighted by Crippen LogP contribution is 2.34. The van der Waals surface area contributed by atoms with Crippen LogP contribution >= 0.6 is 0 Å². The second kappa shape index (κ2) is 12.9. The fourth-order valence-corrected chi connectivity index (χ4v) is 5.67. The Morgan fingerprint density at radius 2 is 1.88 bits per heavy atom. The van der Waals surface area contributed by atoms with Gasteiger partial charge in [0.1, 0.15) is 6.33 Å². The molecule has 2 aliphatic carbocycles. The Morgan fingerprint density at radius 3 is 2.70 bits per heavy atom. The number of hydrogen-bond acceptors (Lipinski definition) is 6. The van der Waals surface area contributed by atoms with Crippen molar-refractivity contribution in [3.63, 3.8) is 0 Å². The van der Waals surface area contributed by atoms with Gasteiger partial charge in [0.05, 0.1) is 11.4 Å². The van der Waals surface area contributed by atoms with E-state index in [1.807, 2.05) is 43.4 Å². The standard InChI is InChI=1S/C33H37N5O2/c1-38(2)15-5-10-33(40)37-28-13-11-25(12-14-28)32(39)18-24-7-3-6-23(16-24)17-29-20-31(36-22-35-29)27-19-26-8-4-9-30(26)34-21-27/h4-5,8,10-14,19-24H,3,6-7,9,15-18H2,1-2H3,(H,37,40)/b10-5+. The van der Waals surface area contributed by atoms with Crippen molar-refractivity contribution in [1.29, 1.82) is 0 Å². The lowest BCUT2D eigenvalue weighted by Gasteiger charge is -2.28. The number of rotatable bonds is 10. The van der Waals surface area contributed by atoms with Gasteiger partial charge in [-0.2, -0.15) is 0 Å². The number of allylic oxidation sites excluding steroid dienone is 1. The molecule has 1 fully saturated rings. The summed E-state index contributed by atoms with van der Waals surface area (Å²) >= 11 is 0. The van der Waals surface area contributed by atoms with Gasteiger partial charge in [-0.25, -0.2) is 9.97 Å². The van der Waals surface area contributed by atoms with E-state index in [9.17, 15) is 9.59 Å². The molecule has 40 heavy (non-hydrogen) atoms. The van der Waals surface area contributed by atoms with Crippen LogP contribution in [0.4, 0.5) is 5.69 Å². The van der Waals surface area contributed by atoms with Gasteiger partial charge < -0.3 is 10.2 Å². The molecule has 0 radical (unpaired) electrons. The van der Waals surface area contributed by atoms with Crippen molar-refractivity contribution in [3.8, 4) is 11.3 Å². The van der Waals surface area contributed by atoms with Crippen molar-refractivity contribution in [1.82, 2.24) is 19.9 Å². The number of carbonyl (C=O) groups is 2. The van der Waals surface area contributed by atoms with Gasteiger partial charge in [0, 0.05) is 54.2 Å². The fraction of sp³-hybridized carbons (Fsp3) is 0.364. The maximum atomic E-state index is 13.1. The minimum absolute atomic E-state index is 0.164. The number of benzene rings is 1. The molecule has 5 rings (SSSR count). The number of nitrogens with one attached hydrogen (secondary N) is 1. The van der Waals surface area contributed by atoms with E-state index in [0.717, 1.165) is 61.2 Å². The first-order valence-corrected chi connectivity index (χ1v) is 14.1. The molecule has 2 atom stereocenters. The predicted molar refractivity (Wildman–Crippen MR) is 159 cm³/mol. The number of Topliss-reactive ketones (excluding diaryl/α,β-unsaturated/α-hetero) is 1. The van der Waals surface area contributed by atoms with Crippen LogP contribution in [-0.2, 0) is 17.6 Å². The smallest absolute Gasteiger partial charge is 0.248 e. The van der Waals surface area contributed by atoms with Crippen LogP contribution in [0.2, 0.25) is 0 Å². The van der Waals surface area contributed by atoms with E-state index in [-0.39, 0.29) is 11.7 Å². The van der Waals surface area contributed by atoms with Crippen LogP contribution in [0.3, 0.4) is 0 Å². The number of pyridine rings is 1. The van der Waals surface area contributed by atoms with Crippen LogP contribution in [0.25, 0.3) is 17.3 Å². The third kappa shape index (κ3) is 7.36. The third-order valence-electron chi connectivity index (χ3n) is 7.71. The van der Waals surface area contributed by atoms with Gasteiger partial charge in [-0.05, 0) is 87.2 Å². The average Bonchev–Trinajstić information content (AvgIpc) is 3.42. The molecular formula is C33H37N5O2. The fourth-order valence-electron chi connectivity index (χ4n) is 5.67. The number of ketones is 1. The molecule has 1 amide bonds. The summed E-state index contributed by atoms with van der Waals surface area (Å²) in [7, 11) is 3.90. The van der Waals surface area contributed by atoms with E-state index in [1.54, 1.807) is 18.5 Å². The predicted octanol–water partition coefficient (Wildman–Crippen LogP) is 5.79. The lowest BCUT2D eigenvalue weighted by molar-refractivity contribution is -0.111. The van der Waals surface area contributed by atoms with Gasteiger partial charge in [0.15, 0.2) is 5.78 Å². The zero-order chi connectivity index (χ0) is 27.9. The van der Waals surface area contributed by atoms with Crippen LogP contribution < -0.4 is 5.32 Å². The topological polar surface area (TPSA) is 88.1 Å². The number of hydrogen-bond donors (Lipinski definition) is 1. The molecular weight excluding hydrogens is 498 g/mol. The molecule has 1 aromatic carbocycles. The second-order valence-electron chi connectivity index (χ2n) is 11.2. The molecule has 206 valence electrons. The molecule has 7 nitrogen and oxygen atoms in total. The second-order valence-corrected chi connectivity index (χ2v) is 11.2. The van der Waals surface area contributed by atoms with E-state index in [1.165, 1.54) is 11.6 Å². The highest BCUT2D eigenvalue weighted by molar-refractivity contribution is 6.00. The van der Waals surface area contributed by atoms with Crippen molar-refractivity contribution < 1.29 is 9.59 Å². The Balaban J connectivity index is 1.14. The van der Waals surface area contributed by atoms with Gasteiger partial charge in [0.25, 0.3) is 0 Å².